The molecule has 0 aromatic rings. The van der Waals surface area contributed by atoms with Gasteiger partial charge < -0.3 is 5.73 Å². The molecule has 0 aliphatic carbocycles. The van der Waals surface area contributed by atoms with E-state index in [1.807, 2.05) is 11.8 Å². The van der Waals surface area contributed by atoms with Crippen LogP contribution in [0.4, 0.5) is 0 Å². The topological polar surface area (TPSA) is 50.4 Å². The highest BCUT2D eigenvalue weighted by molar-refractivity contribution is 8.00. The Hall–Kier alpha value is -0.290. The average Bonchev–Trinajstić information content (AvgIpc) is 2.34. The van der Waals surface area contributed by atoms with E-state index in [-0.39, 0.29) is 5.11 Å². The van der Waals surface area contributed by atoms with Gasteiger partial charge in [0.15, 0.2) is 5.11 Å². The lowest BCUT2D eigenvalue weighted by Crippen LogP contribution is -2.25. The van der Waals surface area contributed by atoms with Crippen molar-refractivity contribution in [2.24, 2.45) is 10.8 Å². The van der Waals surface area contributed by atoms with Gasteiger partial charge in [0.25, 0.3) is 0 Å². The predicted molar refractivity (Wildman–Crippen MR) is 49.3 cm³/mol. The maximum atomic E-state index is 5.18. The van der Waals surface area contributed by atoms with Crippen LogP contribution < -0.4 is 11.2 Å². The van der Waals surface area contributed by atoms with Gasteiger partial charge in [0.1, 0.15) is 0 Å². The molecule has 3 nitrogen and oxygen atoms in total. The van der Waals surface area contributed by atoms with Crippen molar-refractivity contribution < 1.29 is 0 Å². The molecule has 0 bridgehead atoms. The van der Waals surface area contributed by atoms with Crippen LogP contribution in [0.5, 0.6) is 0 Å². The van der Waals surface area contributed by atoms with E-state index >= 15 is 0 Å². The molecule has 10 heavy (non-hydrogen) atoms. The lowest BCUT2D eigenvalue weighted by Gasteiger charge is -1.95. The minimum absolute atomic E-state index is 0.240. The normalized spacial score (nSPS) is 21.4. The standard InChI is InChI=1S/C5H9N3S2/c6-5(9)8-7-4-1-2-10-3-4/h1-3H2,(H3,6,8,9)/b7-4-. The van der Waals surface area contributed by atoms with Crippen LogP contribution in [0.1, 0.15) is 6.42 Å². The van der Waals surface area contributed by atoms with Gasteiger partial charge in [0.2, 0.25) is 0 Å². The van der Waals surface area contributed by atoms with Gasteiger partial charge in [-0.25, -0.2) is 0 Å². The van der Waals surface area contributed by atoms with Crippen LogP contribution in [0.2, 0.25) is 0 Å². The lowest BCUT2D eigenvalue weighted by molar-refractivity contribution is 1.02. The minimum atomic E-state index is 0.240. The molecule has 3 N–H and O–H groups in total. The minimum Gasteiger partial charge on any atom is -0.375 e. The number of nitrogens with zero attached hydrogens (tertiary/aromatic N) is 1. The van der Waals surface area contributed by atoms with Crippen LogP contribution >= 0.6 is 24.0 Å². The molecule has 0 atom stereocenters. The van der Waals surface area contributed by atoms with E-state index in [2.05, 4.69) is 22.7 Å². The molecule has 0 radical (unpaired) electrons. The van der Waals surface area contributed by atoms with Crippen molar-refractivity contribution in [3.8, 4) is 0 Å². The van der Waals surface area contributed by atoms with Crippen molar-refractivity contribution in [2.45, 2.75) is 6.42 Å². The highest BCUT2D eigenvalue weighted by Crippen LogP contribution is 2.13. The van der Waals surface area contributed by atoms with Gasteiger partial charge in [-0.15, -0.1) is 0 Å². The second-order valence-electron chi connectivity index (χ2n) is 1.96. The summed E-state index contributed by atoms with van der Waals surface area (Å²) < 4.78 is 0. The Labute approximate surface area is 69.4 Å². The molecule has 1 aliphatic rings. The number of nitrogens with one attached hydrogen (secondary N) is 1. The molecule has 0 amide bonds. The van der Waals surface area contributed by atoms with Crippen LogP contribution in [0, 0.1) is 0 Å². The van der Waals surface area contributed by atoms with E-state index in [1.165, 1.54) is 0 Å². The van der Waals surface area contributed by atoms with Crippen molar-refractivity contribution in [1.29, 1.82) is 0 Å². The van der Waals surface area contributed by atoms with Crippen molar-refractivity contribution in [2.75, 3.05) is 11.5 Å². The molecule has 0 saturated carbocycles. The third kappa shape index (κ3) is 2.53. The fraction of sp³-hybridized carbons (Fsp3) is 0.600. The summed E-state index contributed by atoms with van der Waals surface area (Å²) in [5, 5.41) is 4.24. The first-order valence-corrected chi connectivity index (χ1v) is 4.54. The summed E-state index contributed by atoms with van der Waals surface area (Å²) in [5.41, 5.74) is 8.90. The third-order valence-electron chi connectivity index (χ3n) is 1.13. The first-order valence-electron chi connectivity index (χ1n) is 2.97. The Kier molecular flexibility index (Phi) is 2.95. The number of hydrazone groups is 1. The first-order chi connectivity index (χ1) is 4.79. The SMILES string of the molecule is NC(=S)N/N=C1/CCSC1. The Bertz CT molecular complexity index is 158. The number of hydrogen-bond donors (Lipinski definition) is 2. The van der Waals surface area contributed by atoms with Gasteiger partial charge in [-0.3, -0.25) is 5.43 Å². The summed E-state index contributed by atoms with van der Waals surface area (Å²) in [7, 11) is 0. The molecule has 0 unspecified atom stereocenters. The maximum absolute atomic E-state index is 5.18. The van der Waals surface area contributed by atoms with Crippen LogP contribution in [0.3, 0.4) is 0 Å². The highest BCUT2D eigenvalue weighted by atomic mass is 32.2. The third-order valence-corrected chi connectivity index (χ3v) is 2.25. The van der Waals surface area contributed by atoms with Gasteiger partial charge in [0.05, 0.1) is 0 Å². The van der Waals surface area contributed by atoms with Gasteiger partial charge in [0, 0.05) is 11.5 Å². The van der Waals surface area contributed by atoms with E-state index in [9.17, 15) is 0 Å². The smallest absolute Gasteiger partial charge is 0.184 e. The van der Waals surface area contributed by atoms with Crippen LogP contribution in [-0.2, 0) is 0 Å². The summed E-state index contributed by atoms with van der Waals surface area (Å²) in [4.78, 5) is 0. The van der Waals surface area contributed by atoms with Gasteiger partial charge in [-0.2, -0.15) is 16.9 Å². The summed E-state index contributed by atoms with van der Waals surface area (Å²) in [6.07, 6.45) is 1.06. The quantitative estimate of drug-likeness (QED) is 0.445. The Balaban J connectivity index is 2.31. The van der Waals surface area contributed by atoms with Crippen molar-refractivity contribution >= 4 is 34.8 Å². The molecule has 0 aromatic carbocycles. The molecule has 1 rings (SSSR count). The van der Waals surface area contributed by atoms with E-state index in [4.69, 9.17) is 5.73 Å². The van der Waals surface area contributed by atoms with E-state index < -0.39 is 0 Å². The number of nitrogens with two attached hydrogens (primary N) is 1. The average molecular weight is 175 g/mol. The molecular weight excluding hydrogens is 166 g/mol. The highest BCUT2D eigenvalue weighted by Gasteiger charge is 2.07. The predicted octanol–water partition coefficient (Wildman–Crippen LogP) is 0.313. The molecule has 56 valence electrons. The molecule has 0 spiro atoms. The number of rotatable bonds is 1. The zero-order chi connectivity index (χ0) is 7.40. The van der Waals surface area contributed by atoms with E-state index in [0.717, 1.165) is 23.6 Å². The van der Waals surface area contributed by atoms with Crippen LogP contribution in [0.25, 0.3) is 0 Å². The van der Waals surface area contributed by atoms with Crippen LogP contribution in [0.15, 0.2) is 5.10 Å². The zero-order valence-electron chi connectivity index (χ0n) is 5.46. The van der Waals surface area contributed by atoms with Gasteiger partial charge >= 0.3 is 0 Å². The Morgan fingerprint density at radius 3 is 3.10 bits per heavy atom. The van der Waals surface area contributed by atoms with Crippen molar-refractivity contribution in [1.82, 2.24) is 5.43 Å². The second-order valence-corrected chi connectivity index (χ2v) is 3.50. The summed E-state index contributed by atoms with van der Waals surface area (Å²) in [6, 6.07) is 0. The van der Waals surface area contributed by atoms with Gasteiger partial charge in [-0.05, 0) is 24.4 Å². The number of thiocarbonyl (C=S) groups is 1. The lowest BCUT2D eigenvalue weighted by atomic mass is 10.3. The number of thioether (sulfide) groups is 1. The number of hydrogen-bond acceptors (Lipinski definition) is 3. The maximum Gasteiger partial charge on any atom is 0.184 e. The fourth-order valence-corrected chi connectivity index (χ4v) is 1.69. The second kappa shape index (κ2) is 3.78. The largest absolute Gasteiger partial charge is 0.375 e. The monoisotopic (exact) mass is 175 g/mol. The zero-order valence-corrected chi connectivity index (χ0v) is 7.10. The molecule has 5 heteroatoms. The molecular formula is C5H9N3S2. The summed E-state index contributed by atoms with van der Waals surface area (Å²) in [5.74, 6) is 2.17. The Morgan fingerprint density at radius 1 is 1.80 bits per heavy atom. The summed E-state index contributed by atoms with van der Waals surface area (Å²) in [6.45, 7) is 0. The van der Waals surface area contributed by atoms with Crippen molar-refractivity contribution in [3.63, 3.8) is 0 Å². The molecule has 1 saturated heterocycles. The van der Waals surface area contributed by atoms with E-state index in [0.29, 0.717) is 0 Å². The molecule has 1 heterocycles. The summed E-state index contributed by atoms with van der Waals surface area (Å²) >= 11 is 6.46. The fourth-order valence-electron chi connectivity index (χ4n) is 0.674. The van der Waals surface area contributed by atoms with Gasteiger partial charge in [-0.1, -0.05) is 0 Å². The Morgan fingerprint density at radius 2 is 2.60 bits per heavy atom. The molecule has 1 aliphatic heterocycles. The van der Waals surface area contributed by atoms with E-state index in [1.54, 1.807) is 0 Å². The van der Waals surface area contributed by atoms with Crippen molar-refractivity contribution in [3.05, 3.63) is 0 Å². The van der Waals surface area contributed by atoms with Crippen LogP contribution in [-0.4, -0.2) is 22.3 Å². The molecule has 0 aromatic heterocycles. The first kappa shape index (κ1) is 7.81. The molecule has 1 fully saturated rings.